The number of rotatable bonds is 6. The Morgan fingerprint density at radius 3 is 2.35 bits per heavy atom. The first kappa shape index (κ1) is 15.5. The van der Waals surface area contributed by atoms with Crippen LogP contribution >= 0.6 is 0 Å². The van der Waals surface area contributed by atoms with Crippen molar-refractivity contribution < 1.29 is 0 Å². The molecule has 1 aromatic carbocycles. The van der Waals surface area contributed by atoms with Gasteiger partial charge in [-0.1, -0.05) is 38.1 Å². The number of hydrogen-bond acceptors (Lipinski definition) is 2. The van der Waals surface area contributed by atoms with Gasteiger partial charge in [0.25, 0.3) is 0 Å². The molecule has 0 amide bonds. The average molecular weight is 274 g/mol. The van der Waals surface area contributed by atoms with Crippen molar-refractivity contribution >= 4 is 0 Å². The van der Waals surface area contributed by atoms with Gasteiger partial charge >= 0.3 is 0 Å². The summed E-state index contributed by atoms with van der Waals surface area (Å²) >= 11 is 0. The molecule has 2 heteroatoms. The third-order valence-corrected chi connectivity index (χ3v) is 4.38. The normalized spacial score (nSPS) is 19.4. The number of benzene rings is 1. The highest BCUT2D eigenvalue weighted by atomic mass is 15.2. The lowest BCUT2D eigenvalue weighted by Crippen LogP contribution is -2.40. The molecule has 0 radical (unpaired) electrons. The maximum atomic E-state index is 3.61. The van der Waals surface area contributed by atoms with Crippen LogP contribution in [0.15, 0.2) is 24.3 Å². The Hall–Kier alpha value is -0.860. The summed E-state index contributed by atoms with van der Waals surface area (Å²) in [5, 5.41) is 3.61. The molecular formula is C18H30N2. The van der Waals surface area contributed by atoms with Crippen molar-refractivity contribution in [3.63, 3.8) is 0 Å². The van der Waals surface area contributed by atoms with Crippen LogP contribution in [0, 0.1) is 0 Å². The maximum Gasteiger partial charge on any atom is 0.0237 e. The Morgan fingerprint density at radius 1 is 1.15 bits per heavy atom. The molecule has 1 aliphatic rings. The lowest BCUT2D eigenvalue weighted by molar-refractivity contribution is 0.194. The van der Waals surface area contributed by atoms with Gasteiger partial charge in [-0.25, -0.2) is 0 Å². The van der Waals surface area contributed by atoms with E-state index in [-0.39, 0.29) is 0 Å². The van der Waals surface area contributed by atoms with E-state index >= 15 is 0 Å². The molecule has 2 rings (SSSR count). The second-order valence-corrected chi connectivity index (χ2v) is 6.71. The van der Waals surface area contributed by atoms with E-state index in [2.05, 4.69) is 62.2 Å². The van der Waals surface area contributed by atoms with Gasteiger partial charge in [-0.15, -0.1) is 0 Å². The van der Waals surface area contributed by atoms with Crippen molar-refractivity contribution in [2.45, 2.75) is 65.1 Å². The zero-order chi connectivity index (χ0) is 14.5. The highest BCUT2D eigenvalue weighted by Crippen LogP contribution is 2.17. The molecule has 1 heterocycles. The standard InChI is InChI=1S/C18H30N2/c1-14(2)17-9-7-16(8-10-17)12-20(15(3)4)13-18-6-5-11-19-18/h7-10,14-15,18-19H,5-6,11-13H2,1-4H3. The van der Waals surface area contributed by atoms with Crippen molar-refractivity contribution in [1.82, 2.24) is 10.2 Å². The number of nitrogens with one attached hydrogen (secondary N) is 1. The Kier molecular flexibility index (Phi) is 5.62. The fraction of sp³-hybridized carbons (Fsp3) is 0.667. The summed E-state index contributed by atoms with van der Waals surface area (Å²) in [6.07, 6.45) is 2.66. The summed E-state index contributed by atoms with van der Waals surface area (Å²) in [5.74, 6) is 0.618. The summed E-state index contributed by atoms with van der Waals surface area (Å²) < 4.78 is 0. The Bertz CT molecular complexity index is 388. The molecule has 1 aliphatic heterocycles. The van der Waals surface area contributed by atoms with Crippen LogP contribution in [0.5, 0.6) is 0 Å². The zero-order valence-corrected chi connectivity index (χ0v) is 13.5. The second kappa shape index (κ2) is 7.24. The van der Waals surface area contributed by atoms with E-state index in [4.69, 9.17) is 0 Å². The number of hydrogen-bond donors (Lipinski definition) is 1. The molecular weight excluding hydrogens is 244 g/mol. The van der Waals surface area contributed by atoms with Crippen LogP contribution in [0.2, 0.25) is 0 Å². The topological polar surface area (TPSA) is 15.3 Å². The lowest BCUT2D eigenvalue weighted by atomic mass is 10.0. The Labute approximate surface area is 124 Å². The van der Waals surface area contributed by atoms with E-state index in [0.29, 0.717) is 18.0 Å². The third-order valence-electron chi connectivity index (χ3n) is 4.38. The van der Waals surface area contributed by atoms with E-state index in [1.807, 2.05) is 0 Å². The van der Waals surface area contributed by atoms with Gasteiger partial charge in [-0.3, -0.25) is 4.90 Å². The highest BCUT2D eigenvalue weighted by molar-refractivity contribution is 5.24. The van der Waals surface area contributed by atoms with E-state index in [1.165, 1.54) is 37.1 Å². The molecule has 1 atom stereocenters. The summed E-state index contributed by atoms with van der Waals surface area (Å²) in [5.41, 5.74) is 2.86. The largest absolute Gasteiger partial charge is 0.313 e. The van der Waals surface area contributed by atoms with Crippen molar-refractivity contribution in [1.29, 1.82) is 0 Å². The highest BCUT2D eigenvalue weighted by Gasteiger charge is 2.19. The van der Waals surface area contributed by atoms with Gasteiger partial charge in [0.2, 0.25) is 0 Å². The SMILES string of the molecule is CC(C)c1ccc(CN(CC2CCCN2)C(C)C)cc1. The molecule has 20 heavy (non-hydrogen) atoms. The zero-order valence-electron chi connectivity index (χ0n) is 13.5. The second-order valence-electron chi connectivity index (χ2n) is 6.71. The van der Waals surface area contributed by atoms with Crippen molar-refractivity contribution in [2.24, 2.45) is 0 Å². The van der Waals surface area contributed by atoms with Crippen molar-refractivity contribution in [3.8, 4) is 0 Å². The fourth-order valence-electron chi connectivity index (χ4n) is 2.90. The predicted octanol–water partition coefficient (Wildman–Crippen LogP) is 3.77. The van der Waals surface area contributed by atoms with Gasteiger partial charge in [-0.05, 0) is 50.3 Å². The minimum atomic E-state index is 0.599. The minimum absolute atomic E-state index is 0.599. The molecule has 1 fully saturated rings. The molecule has 0 aromatic heterocycles. The maximum absolute atomic E-state index is 3.61. The Morgan fingerprint density at radius 2 is 1.85 bits per heavy atom. The van der Waals surface area contributed by atoms with Crippen molar-refractivity contribution in [3.05, 3.63) is 35.4 Å². The van der Waals surface area contributed by atoms with Gasteiger partial charge in [0.1, 0.15) is 0 Å². The molecule has 112 valence electrons. The average Bonchev–Trinajstić information content (AvgIpc) is 2.91. The van der Waals surface area contributed by atoms with E-state index in [0.717, 1.165) is 6.54 Å². The quantitative estimate of drug-likeness (QED) is 0.849. The predicted molar refractivity (Wildman–Crippen MR) is 87.1 cm³/mol. The summed E-state index contributed by atoms with van der Waals surface area (Å²) in [6, 6.07) is 10.5. The van der Waals surface area contributed by atoms with Gasteiger partial charge in [0.15, 0.2) is 0 Å². The minimum Gasteiger partial charge on any atom is -0.313 e. The van der Waals surface area contributed by atoms with Crippen LogP contribution in [-0.2, 0) is 6.54 Å². The molecule has 1 N–H and O–H groups in total. The summed E-state index contributed by atoms with van der Waals surface area (Å²) in [6.45, 7) is 12.5. The van der Waals surface area contributed by atoms with Gasteiger partial charge in [0.05, 0.1) is 0 Å². The first-order valence-electron chi connectivity index (χ1n) is 8.12. The molecule has 0 saturated carbocycles. The van der Waals surface area contributed by atoms with Crippen LogP contribution in [0.4, 0.5) is 0 Å². The van der Waals surface area contributed by atoms with E-state index in [1.54, 1.807) is 0 Å². The Balaban J connectivity index is 1.96. The van der Waals surface area contributed by atoms with Gasteiger partial charge < -0.3 is 5.32 Å². The molecule has 0 spiro atoms. The van der Waals surface area contributed by atoms with E-state index in [9.17, 15) is 0 Å². The molecule has 0 bridgehead atoms. The van der Waals surface area contributed by atoms with Crippen LogP contribution in [0.3, 0.4) is 0 Å². The first-order valence-corrected chi connectivity index (χ1v) is 8.12. The third kappa shape index (κ3) is 4.32. The van der Waals surface area contributed by atoms with Gasteiger partial charge in [0, 0.05) is 25.2 Å². The van der Waals surface area contributed by atoms with Crippen LogP contribution < -0.4 is 5.32 Å². The molecule has 0 aliphatic carbocycles. The molecule has 1 unspecified atom stereocenters. The van der Waals surface area contributed by atoms with Crippen LogP contribution in [-0.4, -0.2) is 30.1 Å². The first-order chi connectivity index (χ1) is 9.56. The van der Waals surface area contributed by atoms with Crippen molar-refractivity contribution in [2.75, 3.05) is 13.1 Å². The summed E-state index contributed by atoms with van der Waals surface area (Å²) in [7, 11) is 0. The van der Waals surface area contributed by atoms with Gasteiger partial charge in [-0.2, -0.15) is 0 Å². The summed E-state index contributed by atoms with van der Waals surface area (Å²) in [4.78, 5) is 2.59. The monoisotopic (exact) mass is 274 g/mol. The van der Waals surface area contributed by atoms with Crippen LogP contribution in [0.25, 0.3) is 0 Å². The molecule has 1 aromatic rings. The fourth-order valence-corrected chi connectivity index (χ4v) is 2.90. The smallest absolute Gasteiger partial charge is 0.0237 e. The molecule has 1 saturated heterocycles. The molecule has 2 nitrogen and oxygen atoms in total. The lowest BCUT2D eigenvalue weighted by Gasteiger charge is -2.29. The van der Waals surface area contributed by atoms with Crippen LogP contribution in [0.1, 0.15) is 57.6 Å². The number of nitrogens with zero attached hydrogens (tertiary/aromatic N) is 1. The van der Waals surface area contributed by atoms with E-state index < -0.39 is 0 Å².